The van der Waals surface area contributed by atoms with Crippen LogP contribution < -0.4 is 0 Å². The van der Waals surface area contributed by atoms with Crippen molar-refractivity contribution >= 4 is 26.8 Å². The molecule has 2 atom stereocenters. The lowest BCUT2D eigenvalue weighted by molar-refractivity contribution is 0.166. The van der Waals surface area contributed by atoms with E-state index in [1.807, 2.05) is 11.3 Å². The topological polar surface area (TPSA) is 85.4 Å². The molecule has 0 amide bonds. The first kappa shape index (κ1) is 22.0. The van der Waals surface area contributed by atoms with Crippen LogP contribution in [0.5, 0.6) is 0 Å². The van der Waals surface area contributed by atoms with E-state index in [9.17, 15) is 8.42 Å². The highest BCUT2D eigenvalue weighted by atomic mass is 32.2. The van der Waals surface area contributed by atoms with Gasteiger partial charge >= 0.3 is 0 Å². The predicted molar refractivity (Wildman–Crippen MR) is 128 cm³/mol. The Hall–Kier alpha value is -2.78. The molecule has 0 unspecified atom stereocenters. The lowest BCUT2D eigenvalue weighted by Gasteiger charge is -2.31. The molecule has 1 saturated heterocycles. The second-order valence-electron chi connectivity index (χ2n) is 10.00. The third-order valence-corrected chi connectivity index (χ3v) is 8.57. The zero-order valence-electron chi connectivity index (χ0n) is 19.7. The Morgan fingerprint density at radius 3 is 2.45 bits per heavy atom. The largest absolute Gasteiger partial charge is 0.297 e. The first-order valence-electron chi connectivity index (χ1n) is 11.4. The third kappa shape index (κ3) is 3.54. The highest BCUT2D eigenvalue weighted by Crippen LogP contribution is 2.38. The number of hydrogen-bond donors (Lipinski definition) is 0. The first-order valence-corrected chi connectivity index (χ1v) is 12.8. The Bertz CT molecular complexity index is 1430. The Balaban J connectivity index is 1.64. The highest BCUT2D eigenvalue weighted by Gasteiger charge is 2.40. The van der Waals surface area contributed by atoms with E-state index in [-0.39, 0.29) is 16.4 Å². The summed E-state index contributed by atoms with van der Waals surface area (Å²) in [6.07, 6.45) is 4.23. The summed E-state index contributed by atoms with van der Waals surface area (Å²) in [5, 5.41) is 8.95. The molecule has 8 nitrogen and oxygen atoms in total. The molecule has 4 heterocycles. The summed E-state index contributed by atoms with van der Waals surface area (Å²) < 4.78 is 30.0. The fourth-order valence-corrected chi connectivity index (χ4v) is 6.13. The van der Waals surface area contributed by atoms with Crippen molar-refractivity contribution in [3.05, 3.63) is 54.1 Å². The number of rotatable bonds is 4. The summed E-state index contributed by atoms with van der Waals surface area (Å²) in [5.74, 6) is 1.55. The van der Waals surface area contributed by atoms with Crippen molar-refractivity contribution in [2.45, 2.75) is 57.4 Å². The van der Waals surface area contributed by atoms with Crippen LogP contribution in [0.4, 0.5) is 0 Å². The van der Waals surface area contributed by atoms with Gasteiger partial charge in [-0.25, -0.2) is 17.4 Å². The molecular formula is C24H30N6O2S. The number of benzene rings is 1. The van der Waals surface area contributed by atoms with Gasteiger partial charge in [-0.2, -0.15) is 0 Å². The molecular weight excluding hydrogens is 436 g/mol. The molecule has 33 heavy (non-hydrogen) atoms. The monoisotopic (exact) mass is 466 g/mol. The molecule has 1 aromatic carbocycles. The van der Waals surface area contributed by atoms with Gasteiger partial charge in [0.2, 0.25) is 0 Å². The fraction of sp³-hybridized carbons (Fsp3) is 0.458. The molecule has 0 N–H and O–H groups in total. The minimum atomic E-state index is -3.77. The van der Waals surface area contributed by atoms with Crippen molar-refractivity contribution in [2.24, 2.45) is 5.92 Å². The van der Waals surface area contributed by atoms with Gasteiger partial charge in [-0.3, -0.25) is 9.30 Å². The molecule has 0 spiro atoms. The van der Waals surface area contributed by atoms with E-state index in [0.29, 0.717) is 22.7 Å². The molecule has 1 aliphatic rings. The third-order valence-electron chi connectivity index (χ3n) is 6.89. The maximum Gasteiger partial charge on any atom is 0.269 e. The number of aromatic nitrogens is 5. The lowest BCUT2D eigenvalue weighted by atomic mass is 9.93. The SMILES string of the molecule is CC[C@@H]1CN(C(C)(C)C)C[C@@H]1c1nnc2cnc3c(ccn3S(=O)(=O)c3ccc(C)cc3)n12. The molecule has 5 rings (SSSR count). The van der Waals surface area contributed by atoms with Crippen molar-refractivity contribution < 1.29 is 8.42 Å². The number of likely N-dealkylation sites (tertiary alicyclic amines) is 1. The normalized spacial score (nSPS) is 20.3. The minimum Gasteiger partial charge on any atom is -0.297 e. The van der Waals surface area contributed by atoms with E-state index in [1.165, 1.54) is 3.97 Å². The molecule has 0 radical (unpaired) electrons. The van der Waals surface area contributed by atoms with Gasteiger partial charge in [0.25, 0.3) is 10.0 Å². The molecule has 3 aromatic heterocycles. The smallest absolute Gasteiger partial charge is 0.269 e. The zero-order valence-corrected chi connectivity index (χ0v) is 20.5. The van der Waals surface area contributed by atoms with Gasteiger partial charge in [-0.05, 0) is 51.8 Å². The van der Waals surface area contributed by atoms with Crippen LogP contribution >= 0.6 is 0 Å². The fourth-order valence-electron chi connectivity index (χ4n) is 4.84. The zero-order chi connectivity index (χ0) is 23.5. The van der Waals surface area contributed by atoms with Crippen LogP contribution in [0, 0.1) is 12.8 Å². The molecule has 0 saturated carbocycles. The number of hydrogen-bond acceptors (Lipinski definition) is 6. The standard InChI is InChI=1S/C24H30N6O2S/c1-6-17-14-28(24(3,4)5)15-19(17)22-27-26-21-13-25-23-20(30(21)22)11-12-29(23)33(31,32)18-9-7-16(2)8-10-18/h7-13,17,19H,6,14-15H2,1-5H3/t17-,19+/m1/s1. The van der Waals surface area contributed by atoms with Crippen LogP contribution in [0.2, 0.25) is 0 Å². The van der Waals surface area contributed by atoms with E-state index in [2.05, 4.69) is 47.8 Å². The Morgan fingerprint density at radius 1 is 1.06 bits per heavy atom. The van der Waals surface area contributed by atoms with Crippen LogP contribution in [0.3, 0.4) is 0 Å². The maximum atomic E-state index is 13.4. The van der Waals surface area contributed by atoms with Gasteiger partial charge in [0.05, 0.1) is 16.6 Å². The highest BCUT2D eigenvalue weighted by molar-refractivity contribution is 7.90. The molecule has 0 bridgehead atoms. The summed E-state index contributed by atoms with van der Waals surface area (Å²) >= 11 is 0. The van der Waals surface area contributed by atoms with Gasteiger partial charge in [-0.1, -0.05) is 31.0 Å². The second-order valence-corrected chi connectivity index (χ2v) is 11.8. The lowest BCUT2D eigenvalue weighted by Crippen LogP contribution is -2.39. The molecule has 0 aliphatic carbocycles. The first-order chi connectivity index (χ1) is 15.6. The van der Waals surface area contributed by atoms with Gasteiger partial charge in [-0.15, -0.1) is 10.2 Å². The van der Waals surface area contributed by atoms with Crippen LogP contribution in [-0.4, -0.2) is 55.5 Å². The van der Waals surface area contributed by atoms with Crippen molar-refractivity contribution in [1.29, 1.82) is 0 Å². The van der Waals surface area contributed by atoms with E-state index in [1.54, 1.807) is 42.7 Å². The summed E-state index contributed by atoms with van der Waals surface area (Å²) in [6.45, 7) is 12.8. The molecule has 9 heteroatoms. The van der Waals surface area contributed by atoms with Crippen molar-refractivity contribution in [3.8, 4) is 0 Å². The maximum absolute atomic E-state index is 13.4. The van der Waals surface area contributed by atoms with E-state index in [0.717, 1.165) is 30.9 Å². The number of nitrogens with zero attached hydrogens (tertiary/aromatic N) is 6. The predicted octanol–water partition coefficient (Wildman–Crippen LogP) is 3.85. The quantitative estimate of drug-likeness (QED) is 0.454. The van der Waals surface area contributed by atoms with Crippen LogP contribution in [0.15, 0.2) is 47.6 Å². The average Bonchev–Trinajstić information content (AvgIpc) is 3.48. The van der Waals surface area contributed by atoms with Crippen molar-refractivity contribution in [1.82, 2.24) is 28.5 Å². The summed E-state index contributed by atoms with van der Waals surface area (Å²) in [5.41, 5.74) is 2.79. The van der Waals surface area contributed by atoms with Gasteiger partial charge in [0.1, 0.15) is 5.82 Å². The summed E-state index contributed by atoms with van der Waals surface area (Å²) in [4.78, 5) is 7.20. The van der Waals surface area contributed by atoms with E-state index in [4.69, 9.17) is 0 Å². The van der Waals surface area contributed by atoms with E-state index >= 15 is 0 Å². The van der Waals surface area contributed by atoms with E-state index < -0.39 is 10.0 Å². The molecule has 1 aliphatic heterocycles. The minimum absolute atomic E-state index is 0.0744. The molecule has 4 aromatic rings. The second kappa shape index (κ2) is 7.63. The summed E-state index contributed by atoms with van der Waals surface area (Å²) in [6, 6.07) is 8.66. The molecule has 174 valence electrons. The number of fused-ring (bicyclic) bond motifs is 3. The van der Waals surface area contributed by atoms with Crippen LogP contribution in [0.1, 0.15) is 51.4 Å². The van der Waals surface area contributed by atoms with Crippen molar-refractivity contribution in [3.63, 3.8) is 0 Å². The van der Waals surface area contributed by atoms with Gasteiger partial charge in [0, 0.05) is 30.7 Å². The van der Waals surface area contributed by atoms with Gasteiger partial charge in [0.15, 0.2) is 11.3 Å². The van der Waals surface area contributed by atoms with Gasteiger partial charge < -0.3 is 0 Å². The van der Waals surface area contributed by atoms with Crippen LogP contribution in [0.25, 0.3) is 16.8 Å². The average molecular weight is 467 g/mol. The van der Waals surface area contributed by atoms with Crippen molar-refractivity contribution in [2.75, 3.05) is 13.1 Å². The number of aryl methyl sites for hydroxylation is 1. The van der Waals surface area contributed by atoms with Crippen LogP contribution in [-0.2, 0) is 10.0 Å². The Kier molecular flexibility index (Phi) is 5.10. The Morgan fingerprint density at radius 2 is 1.79 bits per heavy atom. The Labute approximate surface area is 194 Å². The molecule has 1 fully saturated rings. The summed E-state index contributed by atoms with van der Waals surface area (Å²) in [7, 11) is -3.77.